The number of aromatic hydroxyl groups is 2. The molecule has 3 N–H and O–H groups in total. The molecule has 127 heavy (non-hydrogen) atoms. The number of aliphatic carboxylic acids is 1. The Morgan fingerprint density at radius 3 is 0.858 bits per heavy atom. The van der Waals surface area contributed by atoms with Gasteiger partial charge in [0.15, 0.2) is 0 Å². The minimum Gasteiger partial charge on any atom is -0.508 e. The molecule has 0 aromatic heterocycles. The van der Waals surface area contributed by atoms with Crippen molar-refractivity contribution in [1.82, 2.24) is 0 Å². The van der Waals surface area contributed by atoms with Crippen LogP contribution >= 0.6 is 0 Å². The lowest BCUT2D eigenvalue weighted by molar-refractivity contribution is -0.152. The zero-order valence-corrected chi connectivity index (χ0v) is 70.2. The summed E-state index contributed by atoms with van der Waals surface area (Å²) in [6.45, 7) is 9.23. The summed E-state index contributed by atoms with van der Waals surface area (Å²) in [6.07, 6.45) is 7.79. The van der Waals surface area contributed by atoms with Crippen LogP contribution in [0.1, 0.15) is 153 Å². The SMILES string of the molecule is C=CC(=O)OCCOC(=O)CCC(=O)OCCc1ccc(OC(=O)C2CCC(C(=O)O)CC2)cc1.C=CC(=O)OCCOC(=O)CCC(=O)OCCc1ccc(OC(=O)C2CCC(C(=O)Oc3ccc(OC(=O)C4CCC(C(=O)Oc5ccc(CCOC(=O)CCC(=O)OCCOC(=O)C=C)cc5)CC4)c(C(=O)OC)c3)CC2)cc1.COC(=O)c1cc(O)ccc1O. The first-order chi connectivity index (χ1) is 61.0. The van der Waals surface area contributed by atoms with Crippen LogP contribution in [-0.4, -0.2) is 190 Å². The maximum absolute atomic E-state index is 13.4. The second-order valence-electron chi connectivity index (χ2n) is 28.6. The summed E-state index contributed by atoms with van der Waals surface area (Å²) in [5.74, 6) is -12.3. The van der Waals surface area contributed by atoms with Crippen LogP contribution in [0.3, 0.4) is 0 Å². The van der Waals surface area contributed by atoms with E-state index in [0.717, 1.165) is 48.1 Å². The van der Waals surface area contributed by atoms with E-state index >= 15 is 0 Å². The van der Waals surface area contributed by atoms with Gasteiger partial charge in [-0.25, -0.2) is 24.0 Å². The van der Waals surface area contributed by atoms with E-state index < -0.39 is 119 Å². The van der Waals surface area contributed by atoms with E-state index in [1.165, 1.54) is 37.4 Å². The summed E-state index contributed by atoms with van der Waals surface area (Å²) in [4.78, 5) is 204. The third kappa shape index (κ3) is 38.3. The number of carbonyl (C=O) groups excluding carboxylic acids is 16. The highest BCUT2D eigenvalue weighted by molar-refractivity contribution is 5.95. The molecular weight excluding hydrogens is 1670 g/mol. The number of rotatable bonds is 43. The fourth-order valence-corrected chi connectivity index (χ4v) is 12.6. The molecule has 0 amide bonds. The Morgan fingerprint density at radius 2 is 0.567 bits per heavy atom. The minimum atomic E-state index is -0.836. The highest BCUT2D eigenvalue weighted by atomic mass is 16.6. The van der Waals surface area contributed by atoms with Crippen molar-refractivity contribution in [3.63, 3.8) is 0 Å². The van der Waals surface area contributed by atoms with Crippen LogP contribution < -0.4 is 23.7 Å². The Labute approximate surface area is 730 Å². The van der Waals surface area contributed by atoms with Crippen molar-refractivity contribution in [3.8, 4) is 40.2 Å². The van der Waals surface area contributed by atoms with Gasteiger partial charge < -0.3 is 91.1 Å². The van der Waals surface area contributed by atoms with Crippen molar-refractivity contribution in [2.75, 3.05) is 73.7 Å². The highest BCUT2D eigenvalue weighted by Crippen LogP contribution is 2.36. The standard InChI is InChI=1S/C58H64O22.C25H30O10.C8H8O4/c1-4-48(59)73-32-34-75-52(63)26-24-50(61)71-30-28-37-6-18-43(19-7-37)77-54(65)39-10-12-41(13-11-39)56(67)79-45-22-23-47(46(36-45)58(69)70-3)80-57(68)42-16-14-40(15-17-42)55(66)78-44-20-8-38(9-21-44)29-31-72-51(62)25-27-53(64)76-35-33-74-49(60)5-2;1-2-21(26)33-15-16-34-23(28)12-11-22(27)32-14-13-17-3-9-20(10-4-17)35-25(31)19-7-5-18(6-8-19)24(29)30;1-12-8(11)6-4-5(9)2-3-7(6)10/h4-9,18-23,36,39-42H,1-2,10-17,24-35H2,3H3;2-4,9-10,18-19H,1,5-8,11-16H2,(H,29,30);2-4,9-10H,1H3. The van der Waals surface area contributed by atoms with Crippen molar-refractivity contribution in [1.29, 1.82) is 0 Å². The summed E-state index contributed by atoms with van der Waals surface area (Å²) in [6, 6.07) is 27.8. The monoisotopic (exact) mass is 1770 g/mol. The quantitative estimate of drug-likeness (QED) is 0.00815. The summed E-state index contributed by atoms with van der Waals surface area (Å²) in [7, 11) is 2.35. The van der Waals surface area contributed by atoms with Gasteiger partial charge in [0.1, 0.15) is 91.0 Å². The molecule has 5 aromatic rings. The second kappa shape index (κ2) is 55.2. The number of phenolic OH excluding ortho intramolecular Hbond substituents is 2. The lowest BCUT2D eigenvalue weighted by Gasteiger charge is -2.26. The molecule has 0 heterocycles. The molecule has 3 saturated carbocycles. The average molecular weight is 1770 g/mol. The Balaban J connectivity index is 0.000000430. The van der Waals surface area contributed by atoms with E-state index in [-0.39, 0.29) is 150 Å². The Bertz CT molecular complexity index is 4610. The van der Waals surface area contributed by atoms with Gasteiger partial charge in [-0.05, 0) is 167 Å². The highest BCUT2D eigenvalue weighted by Gasteiger charge is 2.36. The van der Waals surface area contributed by atoms with E-state index in [1.807, 2.05) is 0 Å². The second-order valence-corrected chi connectivity index (χ2v) is 28.6. The molecule has 8 rings (SSSR count). The van der Waals surface area contributed by atoms with Crippen LogP contribution in [0.5, 0.6) is 40.2 Å². The van der Waals surface area contributed by atoms with Crippen LogP contribution in [0.4, 0.5) is 0 Å². The number of phenols is 2. The molecule has 682 valence electrons. The molecule has 3 aliphatic carbocycles. The molecule has 36 nitrogen and oxygen atoms in total. The predicted molar refractivity (Wildman–Crippen MR) is 438 cm³/mol. The molecule has 0 spiro atoms. The minimum absolute atomic E-state index is 0.0201. The predicted octanol–water partition coefficient (Wildman–Crippen LogP) is 9.89. The first kappa shape index (κ1) is 102. The van der Waals surface area contributed by atoms with Crippen molar-refractivity contribution < 1.29 is 173 Å². The molecule has 0 bridgehead atoms. The van der Waals surface area contributed by atoms with Crippen LogP contribution in [-0.2, 0) is 143 Å². The van der Waals surface area contributed by atoms with Gasteiger partial charge in [0, 0.05) is 37.5 Å². The maximum Gasteiger partial charge on any atom is 0.341 e. The number of methoxy groups -OCH3 is 2. The normalized spacial score (nSPS) is 15.9. The van der Waals surface area contributed by atoms with Crippen molar-refractivity contribution in [2.24, 2.45) is 35.5 Å². The molecule has 3 aliphatic rings. The van der Waals surface area contributed by atoms with Gasteiger partial charge >= 0.3 is 101 Å². The van der Waals surface area contributed by atoms with Gasteiger partial charge in [-0.1, -0.05) is 56.1 Å². The van der Waals surface area contributed by atoms with Gasteiger partial charge in [0.2, 0.25) is 0 Å². The van der Waals surface area contributed by atoms with Crippen LogP contribution in [0.2, 0.25) is 0 Å². The van der Waals surface area contributed by atoms with Gasteiger partial charge in [0.05, 0.1) is 108 Å². The largest absolute Gasteiger partial charge is 0.508 e. The summed E-state index contributed by atoms with van der Waals surface area (Å²) in [5, 5.41) is 27.1. The number of carboxylic acids is 1. The molecule has 36 heteroatoms. The fraction of sp³-hybridized carbons (Fsp3) is 0.418. The molecule has 0 aliphatic heterocycles. The van der Waals surface area contributed by atoms with Crippen LogP contribution in [0.25, 0.3) is 0 Å². The number of hydrogen-bond donors (Lipinski definition) is 3. The summed E-state index contributed by atoms with van der Waals surface area (Å²) >= 11 is 0. The number of hydrogen-bond acceptors (Lipinski definition) is 35. The fourth-order valence-electron chi connectivity index (χ4n) is 12.6. The van der Waals surface area contributed by atoms with Gasteiger partial charge in [-0.3, -0.25) is 57.5 Å². The number of benzene rings is 5. The number of carbonyl (C=O) groups is 17. The Morgan fingerprint density at radius 1 is 0.307 bits per heavy atom. The van der Waals surface area contributed by atoms with Crippen molar-refractivity contribution in [3.05, 3.63) is 175 Å². The number of esters is 16. The topological polar surface area (TPSA) is 499 Å². The van der Waals surface area contributed by atoms with Gasteiger partial charge in [0.25, 0.3) is 0 Å². The molecule has 5 aromatic carbocycles. The van der Waals surface area contributed by atoms with E-state index in [0.29, 0.717) is 114 Å². The molecule has 0 saturated heterocycles. The van der Waals surface area contributed by atoms with E-state index in [4.69, 9.17) is 81.6 Å². The molecule has 0 unspecified atom stereocenters. The van der Waals surface area contributed by atoms with E-state index in [9.17, 15) is 81.5 Å². The third-order valence-electron chi connectivity index (χ3n) is 19.6. The Kier molecular flexibility index (Phi) is 44.2. The Hall–Kier alpha value is -14.1. The van der Waals surface area contributed by atoms with Crippen molar-refractivity contribution >= 4 is 101 Å². The van der Waals surface area contributed by atoms with Crippen molar-refractivity contribution in [2.45, 2.75) is 135 Å². The third-order valence-corrected chi connectivity index (χ3v) is 19.6. The molecule has 0 radical (unpaired) electrons. The van der Waals surface area contributed by atoms with E-state index in [1.54, 1.807) is 72.8 Å². The summed E-state index contributed by atoms with van der Waals surface area (Å²) < 4.78 is 81.4. The number of ether oxygens (including phenoxy) is 16. The maximum atomic E-state index is 13.4. The summed E-state index contributed by atoms with van der Waals surface area (Å²) in [5.41, 5.74) is 2.29. The number of carboxylic acid groups (broad SMARTS) is 1. The van der Waals surface area contributed by atoms with Gasteiger partial charge in [-0.15, -0.1) is 0 Å². The smallest absolute Gasteiger partial charge is 0.341 e. The molecule has 3 fully saturated rings. The van der Waals surface area contributed by atoms with E-state index in [2.05, 4.69) is 29.2 Å². The van der Waals surface area contributed by atoms with Crippen LogP contribution in [0.15, 0.2) is 147 Å². The lowest BCUT2D eigenvalue weighted by atomic mass is 9.82. The molecule has 0 atom stereocenters. The lowest BCUT2D eigenvalue weighted by Crippen LogP contribution is -2.31. The van der Waals surface area contributed by atoms with Crippen LogP contribution in [0, 0.1) is 35.5 Å². The zero-order valence-electron chi connectivity index (χ0n) is 70.2. The first-order valence-corrected chi connectivity index (χ1v) is 40.7. The first-order valence-electron chi connectivity index (χ1n) is 40.7. The molecular formula is C91H102O36. The average Bonchev–Trinajstić information content (AvgIpc) is 0.815. The zero-order chi connectivity index (χ0) is 92.6. The van der Waals surface area contributed by atoms with Gasteiger partial charge in [-0.2, -0.15) is 0 Å².